The molecule has 0 aliphatic heterocycles. The highest BCUT2D eigenvalue weighted by Gasteiger charge is 2.29. The summed E-state index contributed by atoms with van der Waals surface area (Å²) in [6.45, 7) is 3.85. The molecule has 0 saturated heterocycles. The Balaban J connectivity index is 2.34. The van der Waals surface area contributed by atoms with Gasteiger partial charge < -0.3 is 10.6 Å². The van der Waals surface area contributed by atoms with Crippen LogP contribution in [0.5, 0.6) is 0 Å². The SMILES string of the molecule is CCCN(CC1CC1)c1snc(N)c1S(C)(=O)=O. The van der Waals surface area contributed by atoms with Gasteiger partial charge in [0.15, 0.2) is 15.7 Å². The van der Waals surface area contributed by atoms with Crippen LogP contribution in [0.2, 0.25) is 0 Å². The molecular weight excluding hydrogens is 270 g/mol. The van der Waals surface area contributed by atoms with E-state index in [4.69, 9.17) is 5.73 Å². The van der Waals surface area contributed by atoms with Crippen molar-refractivity contribution < 1.29 is 8.42 Å². The predicted octanol–water partition coefficient (Wildman–Crippen LogP) is 1.76. The molecule has 0 radical (unpaired) electrons. The van der Waals surface area contributed by atoms with Gasteiger partial charge in [-0.1, -0.05) is 6.92 Å². The number of nitrogens with two attached hydrogens (primary N) is 1. The third kappa shape index (κ3) is 2.95. The van der Waals surface area contributed by atoms with Crippen LogP contribution >= 0.6 is 11.5 Å². The van der Waals surface area contributed by atoms with Crippen molar-refractivity contribution in [2.45, 2.75) is 31.1 Å². The highest BCUT2D eigenvalue weighted by molar-refractivity contribution is 7.91. The van der Waals surface area contributed by atoms with E-state index >= 15 is 0 Å². The van der Waals surface area contributed by atoms with Crippen LogP contribution in [0.1, 0.15) is 26.2 Å². The van der Waals surface area contributed by atoms with Crippen LogP contribution in [0, 0.1) is 5.92 Å². The van der Waals surface area contributed by atoms with E-state index in [0.29, 0.717) is 10.9 Å². The first-order chi connectivity index (χ1) is 8.43. The molecule has 0 unspecified atom stereocenters. The number of nitrogen functional groups attached to an aromatic ring is 1. The van der Waals surface area contributed by atoms with E-state index in [1.165, 1.54) is 30.6 Å². The number of aromatic nitrogens is 1. The molecule has 1 saturated carbocycles. The minimum atomic E-state index is -3.32. The average molecular weight is 289 g/mol. The zero-order chi connectivity index (χ0) is 13.3. The molecule has 0 bridgehead atoms. The molecule has 7 heteroatoms. The summed E-state index contributed by atoms with van der Waals surface area (Å²) in [6.07, 6.45) is 4.65. The van der Waals surface area contributed by atoms with Crippen LogP contribution in [0.3, 0.4) is 0 Å². The van der Waals surface area contributed by atoms with Gasteiger partial charge in [0.25, 0.3) is 0 Å². The summed E-state index contributed by atoms with van der Waals surface area (Å²) in [5, 5.41) is 0.712. The maximum atomic E-state index is 11.8. The molecule has 2 N–H and O–H groups in total. The lowest BCUT2D eigenvalue weighted by Crippen LogP contribution is -2.27. The van der Waals surface area contributed by atoms with Crippen molar-refractivity contribution in [3.63, 3.8) is 0 Å². The summed E-state index contributed by atoms with van der Waals surface area (Å²) < 4.78 is 27.6. The van der Waals surface area contributed by atoms with Gasteiger partial charge in [-0.15, -0.1) is 0 Å². The topological polar surface area (TPSA) is 76.3 Å². The van der Waals surface area contributed by atoms with Crippen molar-refractivity contribution in [2.24, 2.45) is 5.92 Å². The van der Waals surface area contributed by atoms with Gasteiger partial charge >= 0.3 is 0 Å². The molecule has 2 rings (SSSR count). The molecule has 1 aliphatic carbocycles. The number of nitrogens with zero attached hydrogens (tertiary/aromatic N) is 2. The predicted molar refractivity (Wildman–Crippen MR) is 74.9 cm³/mol. The summed E-state index contributed by atoms with van der Waals surface area (Å²) in [5.74, 6) is 0.835. The Labute approximate surface area is 112 Å². The number of hydrogen-bond donors (Lipinski definition) is 1. The fraction of sp³-hybridized carbons (Fsp3) is 0.727. The molecule has 18 heavy (non-hydrogen) atoms. The molecule has 0 amide bonds. The quantitative estimate of drug-likeness (QED) is 0.863. The van der Waals surface area contributed by atoms with Crippen molar-refractivity contribution in [3.05, 3.63) is 0 Å². The van der Waals surface area contributed by atoms with Crippen LogP contribution in [0.15, 0.2) is 4.90 Å². The second kappa shape index (κ2) is 5.05. The molecule has 0 atom stereocenters. The van der Waals surface area contributed by atoms with Crippen molar-refractivity contribution >= 4 is 32.2 Å². The first kappa shape index (κ1) is 13.6. The van der Waals surface area contributed by atoms with Gasteiger partial charge in [0.05, 0.1) is 0 Å². The summed E-state index contributed by atoms with van der Waals surface area (Å²) in [5.41, 5.74) is 5.70. The number of hydrogen-bond acceptors (Lipinski definition) is 6. The maximum absolute atomic E-state index is 11.8. The van der Waals surface area contributed by atoms with Gasteiger partial charge in [-0.3, -0.25) is 0 Å². The summed E-state index contributed by atoms with van der Waals surface area (Å²) in [6, 6.07) is 0. The fourth-order valence-electron chi connectivity index (χ4n) is 1.99. The lowest BCUT2D eigenvalue weighted by atomic mass is 10.3. The Bertz CT molecular complexity index is 520. The Hall–Kier alpha value is -0.820. The van der Waals surface area contributed by atoms with Crippen LogP contribution < -0.4 is 10.6 Å². The highest BCUT2D eigenvalue weighted by Crippen LogP contribution is 2.38. The Morgan fingerprint density at radius 2 is 2.17 bits per heavy atom. The van der Waals surface area contributed by atoms with Gasteiger partial charge in [-0.05, 0) is 36.7 Å². The van der Waals surface area contributed by atoms with Gasteiger partial charge in [0, 0.05) is 19.3 Å². The molecule has 102 valence electrons. The standard InChI is InChI=1S/C11H19N3O2S2/c1-3-6-14(7-8-4-5-8)11-9(18(2,15)16)10(12)13-17-11/h8H,3-7H2,1-2H3,(H2,12,13). The Morgan fingerprint density at radius 3 is 2.67 bits per heavy atom. The minimum absolute atomic E-state index is 0.134. The van der Waals surface area contributed by atoms with Crippen LogP contribution in [-0.4, -0.2) is 32.1 Å². The van der Waals surface area contributed by atoms with Crippen molar-refractivity contribution in [1.29, 1.82) is 0 Å². The summed E-state index contributed by atoms with van der Waals surface area (Å²) in [7, 11) is -3.32. The van der Waals surface area contributed by atoms with Gasteiger partial charge in [-0.2, -0.15) is 4.37 Å². The molecule has 1 aromatic rings. The van der Waals surface area contributed by atoms with Gasteiger partial charge in [0.1, 0.15) is 9.90 Å². The maximum Gasteiger partial charge on any atom is 0.182 e. The zero-order valence-electron chi connectivity index (χ0n) is 10.7. The van der Waals surface area contributed by atoms with E-state index in [1.807, 2.05) is 0 Å². The molecule has 1 fully saturated rings. The highest BCUT2D eigenvalue weighted by atomic mass is 32.2. The van der Waals surface area contributed by atoms with Crippen molar-refractivity contribution in [1.82, 2.24) is 4.37 Å². The molecule has 0 spiro atoms. The third-order valence-corrected chi connectivity index (χ3v) is 5.18. The second-order valence-corrected chi connectivity index (χ2v) is 7.57. The lowest BCUT2D eigenvalue weighted by Gasteiger charge is -2.23. The smallest absolute Gasteiger partial charge is 0.182 e. The van der Waals surface area contributed by atoms with E-state index in [0.717, 1.165) is 19.5 Å². The molecule has 0 aromatic carbocycles. The van der Waals surface area contributed by atoms with E-state index in [-0.39, 0.29) is 10.7 Å². The van der Waals surface area contributed by atoms with Crippen molar-refractivity contribution in [3.8, 4) is 0 Å². The molecule has 1 aliphatic rings. The fourth-order valence-corrected chi connectivity index (χ4v) is 4.23. The van der Waals surface area contributed by atoms with E-state index in [1.54, 1.807) is 0 Å². The van der Waals surface area contributed by atoms with E-state index in [2.05, 4.69) is 16.2 Å². The Kier molecular flexibility index (Phi) is 3.82. The second-order valence-electron chi connectivity index (χ2n) is 4.86. The van der Waals surface area contributed by atoms with Crippen molar-refractivity contribution in [2.75, 3.05) is 30.0 Å². The van der Waals surface area contributed by atoms with E-state index in [9.17, 15) is 8.42 Å². The number of rotatable bonds is 6. The van der Waals surface area contributed by atoms with E-state index < -0.39 is 9.84 Å². The third-order valence-electron chi connectivity index (χ3n) is 2.98. The molecule has 1 heterocycles. The minimum Gasteiger partial charge on any atom is -0.382 e. The molecule has 5 nitrogen and oxygen atoms in total. The zero-order valence-corrected chi connectivity index (χ0v) is 12.4. The largest absolute Gasteiger partial charge is 0.382 e. The Morgan fingerprint density at radius 1 is 1.50 bits per heavy atom. The normalized spacial score (nSPS) is 15.9. The summed E-state index contributed by atoms with van der Waals surface area (Å²) >= 11 is 1.19. The average Bonchev–Trinajstić information content (AvgIpc) is 2.97. The first-order valence-corrected chi connectivity index (χ1v) is 8.80. The van der Waals surface area contributed by atoms with Gasteiger partial charge in [-0.25, -0.2) is 8.42 Å². The van der Waals surface area contributed by atoms with Gasteiger partial charge in [0.2, 0.25) is 0 Å². The lowest BCUT2D eigenvalue weighted by molar-refractivity contribution is 0.601. The molecular formula is C11H19N3O2S2. The number of anilines is 2. The van der Waals surface area contributed by atoms with Crippen LogP contribution in [0.25, 0.3) is 0 Å². The van der Waals surface area contributed by atoms with Crippen LogP contribution in [-0.2, 0) is 9.84 Å². The molecule has 1 aromatic heterocycles. The monoisotopic (exact) mass is 289 g/mol. The van der Waals surface area contributed by atoms with Crippen LogP contribution in [0.4, 0.5) is 10.8 Å². The number of sulfone groups is 1. The first-order valence-electron chi connectivity index (χ1n) is 6.13. The summed E-state index contributed by atoms with van der Waals surface area (Å²) in [4.78, 5) is 2.34.